The number of carbonyl (C=O) groups is 4. The van der Waals surface area contributed by atoms with E-state index < -0.39 is 105 Å². The zero-order chi connectivity index (χ0) is 53.3. The molecule has 4 aromatic carbocycles. The van der Waals surface area contributed by atoms with Gasteiger partial charge in [-0.25, -0.2) is 39.4 Å². The van der Waals surface area contributed by atoms with Crippen molar-refractivity contribution in [3.63, 3.8) is 0 Å². The van der Waals surface area contributed by atoms with Crippen LogP contribution < -0.4 is 52.1 Å². The Morgan fingerprint density at radius 2 is 0.789 bits per heavy atom. The Labute approximate surface area is 416 Å². The molecule has 23 heteroatoms. The van der Waals surface area contributed by atoms with E-state index in [-0.39, 0.29) is 93.7 Å². The highest BCUT2D eigenvalue weighted by molar-refractivity contribution is 7.90. The summed E-state index contributed by atoms with van der Waals surface area (Å²) in [6, 6.07) is 4.05. The second-order valence-corrected chi connectivity index (χ2v) is 23.0. The quantitative estimate of drug-likeness (QED) is 0.0171. The van der Waals surface area contributed by atoms with Gasteiger partial charge in [0.25, 0.3) is 0 Å². The van der Waals surface area contributed by atoms with Crippen LogP contribution >= 0.6 is 0 Å². The van der Waals surface area contributed by atoms with Crippen LogP contribution in [0, 0.1) is 0 Å². The molecule has 0 heterocycles. The minimum Gasteiger partial charge on any atom is -0.426 e. The first-order valence-electron chi connectivity index (χ1n) is 23.2. The van der Waals surface area contributed by atoms with Gasteiger partial charge in [0.1, 0.15) is 5.75 Å². The molecule has 0 aromatic heterocycles. The predicted octanol–water partition coefficient (Wildman–Crippen LogP) is 2.91. The van der Waals surface area contributed by atoms with Crippen LogP contribution in [-0.4, -0.2) is 105 Å². The number of rotatable bonds is 28. The lowest BCUT2D eigenvalue weighted by atomic mass is 9.93. The molecule has 0 aliphatic heterocycles. The van der Waals surface area contributed by atoms with Crippen LogP contribution in [0.3, 0.4) is 0 Å². The number of amides is 3. The Bertz CT molecular complexity index is 2940. The average Bonchev–Trinajstić information content (AvgIpc) is 3.30. The molecule has 6 unspecified atom stereocenters. The molecule has 20 nitrogen and oxygen atoms in total. The number of ether oxygens (including phenoxy) is 1. The first kappa shape index (κ1) is 58.2. The fourth-order valence-electron chi connectivity index (χ4n) is 7.96. The zero-order valence-corrected chi connectivity index (χ0v) is 43.8. The van der Waals surface area contributed by atoms with Crippen molar-refractivity contribution in [3.8, 4) is 5.75 Å². The first-order chi connectivity index (χ1) is 33.1. The van der Waals surface area contributed by atoms with E-state index in [1.165, 1.54) is 45.0 Å². The van der Waals surface area contributed by atoms with Gasteiger partial charge in [-0.3, -0.25) is 19.2 Å². The third-order valence-corrected chi connectivity index (χ3v) is 16.7. The maximum absolute atomic E-state index is 14.6. The van der Waals surface area contributed by atoms with Crippen molar-refractivity contribution in [2.75, 3.05) is 19.6 Å². The number of esters is 1. The van der Waals surface area contributed by atoms with E-state index in [1.54, 1.807) is 13.8 Å². The van der Waals surface area contributed by atoms with E-state index in [0.717, 1.165) is 19.1 Å². The number of sulfonamides is 3. The molecule has 0 aliphatic rings. The lowest BCUT2D eigenvalue weighted by Gasteiger charge is -2.25. The fourth-order valence-corrected chi connectivity index (χ4v) is 11.8. The molecule has 390 valence electrons. The monoisotopic (exact) mass is 1040 g/mol. The number of carbonyl (C=O) groups excluding carboxylic acids is 4. The number of hydrogen-bond acceptors (Lipinski definition) is 14. The summed E-state index contributed by atoms with van der Waals surface area (Å²) < 4.78 is 101. The van der Waals surface area contributed by atoms with E-state index in [1.807, 2.05) is 6.92 Å². The zero-order valence-electron chi connectivity index (χ0n) is 41.4. The molecule has 6 atom stereocenters. The Hall–Kier alpha value is -5.37. The van der Waals surface area contributed by atoms with Gasteiger partial charge in [0.15, 0.2) is 0 Å². The average molecular weight is 1040 g/mol. The minimum absolute atomic E-state index is 0.00407. The molecule has 0 aliphatic carbocycles. The van der Waals surface area contributed by atoms with Crippen LogP contribution in [0.4, 0.5) is 0 Å². The van der Waals surface area contributed by atoms with Crippen molar-refractivity contribution >= 4 is 86.1 Å². The molecule has 0 saturated carbocycles. The van der Waals surface area contributed by atoms with Crippen LogP contribution in [0.25, 0.3) is 32.3 Å². The van der Waals surface area contributed by atoms with Gasteiger partial charge in [0.05, 0.1) is 14.7 Å². The maximum Gasteiger partial charge on any atom is 0.308 e. The summed E-state index contributed by atoms with van der Waals surface area (Å²) in [5.74, 6) is -2.44. The van der Waals surface area contributed by atoms with Crippen LogP contribution in [0.5, 0.6) is 5.75 Å². The molecule has 0 spiro atoms. The lowest BCUT2D eigenvalue weighted by Crippen LogP contribution is -2.49. The highest BCUT2D eigenvalue weighted by Crippen LogP contribution is 2.45. The van der Waals surface area contributed by atoms with Crippen molar-refractivity contribution in [1.29, 1.82) is 0 Å². The van der Waals surface area contributed by atoms with Gasteiger partial charge in [0, 0.05) is 118 Å². The van der Waals surface area contributed by atoms with E-state index in [9.17, 15) is 44.4 Å². The van der Waals surface area contributed by atoms with Gasteiger partial charge < -0.3 is 37.9 Å². The van der Waals surface area contributed by atoms with Gasteiger partial charge in [-0.15, -0.1) is 0 Å². The van der Waals surface area contributed by atoms with Crippen molar-refractivity contribution < 1.29 is 49.2 Å². The topological polar surface area (TPSA) is 330 Å². The highest BCUT2D eigenvalue weighted by atomic mass is 32.2. The summed E-state index contributed by atoms with van der Waals surface area (Å²) >= 11 is 0. The minimum atomic E-state index is -4.67. The van der Waals surface area contributed by atoms with Gasteiger partial charge >= 0.3 is 5.97 Å². The van der Waals surface area contributed by atoms with E-state index in [2.05, 4.69) is 49.9 Å². The van der Waals surface area contributed by atoms with Crippen LogP contribution in [0.15, 0.2) is 87.5 Å². The number of benzene rings is 4. The van der Waals surface area contributed by atoms with Crippen LogP contribution in [-0.2, 0) is 49.2 Å². The maximum atomic E-state index is 14.6. The second kappa shape index (κ2) is 24.4. The number of hydrogen-bond donors (Lipinski definition) is 9. The smallest absolute Gasteiger partial charge is 0.308 e. The van der Waals surface area contributed by atoms with Crippen molar-refractivity contribution in [3.05, 3.63) is 72.9 Å². The Morgan fingerprint density at radius 3 is 1.07 bits per heavy atom. The predicted molar refractivity (Wildman–Crippen MR) is 276 cm³/mol. The highest BCUT2D eigenvalue weighted by Gasteiger charge is 2.32. The van der Waals surface area contributed by atoms with Crippen molar-refractivity contribution in [2.45, 2.75) is 138 Å². The van der Waals surface area contributed by atoms with E-state index in [4.69, 9.17) is 21.9 Å². The van der Waals surface area contributed by atoms with E-state index in [0.29, 0.717) is 19.3 Å². The largest absolute Gasteiger partial charge is 0.426 e. The van der Waals surface area contributed by atoms with Crippen LogP contribution in [0.2, 0.25) is 0 Å². The molecule has 0 fully saturated rings. The molecule has 12 N–H and O–H groups in total. The first-order valence-corrected chi connectivity index (χ1v) is 27.7. The third kappa shape index (κ3) is 14.2. The van der Waals surface area contributed by atoms with Crippen LogP contribution in [0.1, 0.15) is 87.0 Å². The van der Waals surface area contributed by atoms with Crippen molar-refractivity contribution in [2.24, 2.45) is 17.2 Å². The molecule has 4 aromatic rings. The summed E-state index contributed by atoms with van der Waals surface area (Å²) in [7, 11) is -13.9. The van der Waals surface area contributed by atoms with Gasteiger partial charge in [-0.05, 0) is 71.4 Å². The summed E-state index contributed by atoms with van der Waals surface area (Å²) in [5, 5.41) is 8.53. The fraction of sp³-hybridized carbons (Fsp3) is 0.458. The summed E-state index contributed by atoms with van der Waals surface area (Å²) in [6.45, 7) is 21.3. The third-order valence-electron chi connectivity index (χ3n) is 12.2. The summed E-state index contributed by atoms with van der Waals surface area (Å²) in [6.07, 6.45) is 1.45. The molecule has 4 rings (SSSR count). The molecular formula is C48H69N9O11S3. The molecule has 0 radical (unpaired) electrons. The Morgan fingerprint density at radius 1 is 0.507 bits per heavy atom. The van der Waals surface area contributed by atoms with Gasteiger partial charge in [-0.2, -0.15) is 0 Å². The van der Waals surface area contributed by atoms with Gasteiger partial charge in [0.2, 0.25) is 47.8 Å². The molecule has 71 heavy (non-hydrogen) atoms. The normalized spacial score (nSPS) is 14.8. The van der Waals surface area contributed by atoms with Gasteiger partial charge in [-0.1, -0.05) is 58.7 Å². The standard InChI is InChI=1S/C48H69N9O11S3/c1-11-34(49)37(55-46(59)26(4)5)18-21-52-69(62,63)41-24-40(68-29(10)58)30-14-15-32-42(70(64,65)53-22-19-38(35(50)12-2)56-47(60)27(6)7)25-43(33-17-16-31(41)44(30)45(32)33)71(66,67)54-23-20-39(36(51)13-3)57-48(61)28(8)9/h14-17,24-25,34-39,52-54H,4,6,8,11-13,18-23,49-51H2,1-3,5,7,9-10H3,(H,55,59)(H,56,60)(H,57,61). The van der Waals surface area contributed by atoms with Crippen molar-refractivity contribution in [1.82, 2.24) is 30.1 Å². The Balaban J connectivity index is 1.97. The summed E-state index contributed by atoms with van der Waals surface area (Å²) in [4.78, 5) is 48.9. The SMILES string of the molecule is C=C(C)C(=O)NC(CCNS(=O)(=O)c1cc(OC(C)=O)c2ccc3c(S(=O)(=O)NCCC(NC(=O)C(=C)C)C(N)CC)cc(S(=O)(=O)NCCC(NC(=O)C(=C)C)C(N)CC)c4ccc1c2c34)C(N)CC. The lowest BCUT2D eigenvalue weighted by molar-refractivity contribution is -0.131. The number of nitrogens with one attached hydrogen (secondary N) is 6. The van der Waals surface area contributed by atoms with E-state index >= 15 is 0 Å². The molecule has 0 saturated heterocycles. The Kier molecular flexibility index (Phi) is 20.0. The molecule has 3 amide bonds. The second-order valence-electron chi connectivity index (χ2n) is 17.8. The molecule has 0 bridgehead atoms. The summed E-state index contributed by atoms with van der Waals surface area (Å²) in [5.41, 5.74) is 19.6. The number of nitrogens with two attached hydrogens (primary N) is 3. The molecular weight excluding hydrogens is 975 g/mol.